The zero-order valence-electron chi connectivity index (χ0n) is 18.2. The van der Waals surface area contributed by atoms with Gasteiger partial charge < -0.3 is 14.8 Å². The molecule has 3 aromatic rings. The number of amidine groups is 1. The lowest BCUT2D eigenvalue weighted by atomic mass is 10.1. The van der Waals surface area contributed by atoms with Gasteiger partial charge in [-0.25, -0.2) is 9.38 Å². The lowest BCUT2D eigenvalue weighted by Crippen LogP contribution is -2.44. The summed E-state index contributed by atoms with van der Waals surface area (Å²) >= 11 is 7.10. The topological polar surface area (TPSA) is 80.2 Å². The van der Waals surface area contributed by atoms with Gasteiger partial charge in [0.2, 0.25) is 18.6 Å². The van der Waals surface area contributed by atoms with Crippen LogP contribution in [-0.4, -0.2) is 33.9 Å². The van der Waals surface area contributed by atoms with Crippen molar-refractivity contribution in [3.05, 3.63) is 83.1 Å². The quantitative estimate of drug-likeness (QED) is 0.498. The van der Waals surface area contributed by atoms with E-state index in [0.29, 0.717) is 33.1 Å². The van der Waals surface area contributed by atoms with Gasteiger partial charge in [-0.15, -0.1) is 0 Å². The molecule has 0 bridgehead atoms. The van der Waals surface area contributed by atoms with Crippen LogP contribution in [0, 0.1) is 5.82 Å². The second-order valence-electron chi connectivity index (χ2n) is 7.85. The molecule has 2 heterocycles. The highest BCUT2D eigenvalue weighted by atomic mass is 35.5. The SMILES string of the molecule is O=C(Nc1ccc(Cl)cc1)C1CC(=O)N(Cc2ccc3c(c2)OCO3)C(=Nc2ccc(F)cc2)S1. The van der Waals surface area contributed by atoms with Crippen LogP contribution in [0.15, 0.2) is 71.7 Å². The molecular formula is C25H19ClFN3O4S. The average Bonchev–Trinajstić information content (AvgIpc) is 3.32. The van der Waals surface area contributed by atoms with E-state index in [4.69, 9.17) is 21.1 Å². The van der Waals surface area contributed by atoms with Crippen LogP contribution in [0.4, 0.5) is 15.8 Å². The molecule has 5 rings (SSSR count). The molecule has 2 amide bonds. The summed E-state index contributed by atoms with van der Waals surface area (Å²) in [7, 11) is 0. The van der Waals surface area contributed by atoms with Gasteiger partial charge in [-0.2, -0.15) is 0 Å². The molecule has 1 unspecified atom stereocenters. The van der Waals surface area contributed by atoms with Gasteiger partial charge in [0.05, 0.1) is 12.2 Å². The Balaban J connectivity index is 1.40. The number of hydrogen-bond donors (Lipinski definition) is 1. The van der Waals surface area contributed by atoms with E-state index in [1.807, 2.05) is 12.1 Å². The average molecular weight is 512 g/mol. The number of aliphatic imine (C=N–C) groups is 1. The highest BCUT2D eigenvalue weighted by molar-refractivity contribution is 8.15. The van der Waals surface area contributed by atoms with Crippen molar-refractivity contribution in [2.45, 2.75) is 18.2 Å². The minimum atomic E-state index is -0.689. The molecule has 0 saturated carbocycles. The van der Waals surface area contributed by atoms with Gasteiger partial charge in [-0.05, 0) is 66.2 Å². The number of carbonyl (C=O) groups is 2. The standard InChI is InChI=1S/C25H19ClFN3O4S/c26-16-2-6-18(7-3-16)28-24(32)22-12-23(31)30(13-15-1-10-20-21(11-15)34-14-33-20)25(35-22)29-19-8-4-17(27)5-9-19/h1-11,22H,12-14H2,(H,28,32). The maximum atomic E-state index is 13.4. The first-order valence-electron chi connectivity index (χ1n) is 10.7. The molecule has 2 aliphatic heterocycles. The molecule has 1 atom stereocenters. The van der Waals surface area contributed by atoms with Crippen molar-refractivity contribution in [1.29, 1.82) is 0 Å². The molecule has 2 aliphatic rings. The second kappa shape index (κ2) is 9.97. The van der Waals surface area contributed by atoms with Gasteiger partial charge in [-0.1, -0.05) is 29.4 Å². The summed E-state index contributed by atoms with van der Waals surface area (Å²) < 4.78 is 24.2. The number of rotatable bonds is 5. The fraction of sp³-hybridized carbons (Fsp3) is 0.160. The fourth-order valence-electron chi connectivity index (χ4n) is 3.60. The van der Waals surface area contributed by atoms with Crippen LogP contribution in [0.1, 0.15) is 12.0 Å². The van der Waals surface area contributed by atoms with Crippen molar-refractivity contribution in [3.8, 4) is 11.5 Å². The van der Waals surface area contributed by atoms with Crippen molar-refractivity contribution in [1.82, 2.24) is 4.90 Å². The van der Waals surface area contributed by atoms with Crippen LogP contribution in [0.5, 0.6) is 11.5 Å². The molecule has 1 fully saturated rings. The van der Waals surface area contributed by atoms with E-state index in [1.54, 1.807) is 30.3 Å². The highest BCUT2D eigenvalue weighted by Crippen LogP contribution is 2.35. The molecule has 3 aromatic carbocycles. The lowest BCUT2D eigenvalue weighted by Gasteiger charge is -2.32. The monoisotopic (exact) mass is 511 g/mol. The first-order chi connectivity index (χ1) is 16.9. The molecule has 1 N–H and O–H groups in total. The number of anilines is 1. The number of nitrogens with zero attached hydrogens (tertiary/aromatic N) is 2. The van der Waals surface area contributed by atoms with E-state index in [0.717, 1.165) is 5.56 Å². The number of nitrogens with one attached hydrogen (secondary N) is 1. The molecule has 0 spiro atoms. The predicted octanol–water partition coefficient (Wildman–Crippen LogP) is 5.37. The molecular weight excluding hydrogens is 493 g/mol. The largest absolute Gasteiger partial charge is 0.454 e. The van der Waals surface area contributed by atoms with E-state index in [-0.39, 0.29) is 31.6 Å². The molecule has 178 valence electrons. The molecule has 10 heteroatoms. The smallest absolute Gasteiger partial charge is 0.238 e. The van der Waals surface area contributed by atoms with Crippen molar-refractivity contribution < 1.29 is 23.5 Å². The maximum absolute atomic E-state index is 13.4. The summed E-state index contributed by atoms with van der Waals surface area (Å²) in [6.07, 6.45) is -0.00290. The second-order valence-corrected chi connectivity index (χ2v) is 9.45. The number of halogens is 2. The molecule has 35 heavy (non-hydrogen) atoms. The summed E-state index contributed by atoms with van der Waals surface area (Å²) in [6.45, 7) is 0.382. The van der Waals surface area contributed by atoms with Crippen LogP contribution in [0.3, 0.4) is 0 Å². The van der Waals surface area contributed by atoms with Crippen molar-refractivity contribution in [2.75, 3.05) is 12.1 Å². The van der Waals surface area contributed by atoms with E-state index in [2.05, 4.69) is 10.3 Å². The van der Waals surface area contributed by atoms with E-state index < -0.39 is 11.1 Å². The molecule has 0 aliphatic carbocycles. The van der Waals surface area contributed by atoms with Gasteiger partial charge in [0.15, 0.2) is 16.7 Å². The van der Waals surface area contributed by atoms with E-state index >= 15 is 0 Å². The summed E-state index contributed by atoms with van der Waals surface area (Å²) in [4.78, 5) is 32.3. The number of amides is 2. The number of thioether (sulfide) groups is 1. The Bertz CT molecular complexity index is 1300. The van der Waals surface area contributed by atoms with E-state index in [9.17, 15) is 14.0 Å². The van der Waals surface area contributed by atoms with Crippen LogP contribution in [0.25, 0.3) is 0 Å². The third-order valence-corrected chi connectivity index (χ3v) is 6.81. The van der Waals surface area contributed by atoms with E-state index in [1.165, 1.54) is 40.9 Å². The van der Waals surface area contributed by atoms with Gasteiger partial charge in [-0.3, -0.25) is 14.5 Å². The van der Waals surface area contributed by atoms with Crippen LogP contribution in [0.2, 0.25) is 5.02 Å². The van der Waals surface area contributed by atoms with Gasteiger partial charge in [0.1, 0.15) is 11.1 Å². The summed E-state index contributed by atoms with van der Waals surface area (Å²) in [5.74, 6) is 0.293. The van der Waals surface area contributed by atoms with Crippen LogP contribution in [-0.2, 0) is 16.1 Å². The Morgan fingerprint density at radius 1 is 1.09 bits per heavy atom. The zero-order chi connectivity index (χ0) is 24.4. The fourth-order valence-corrected chi connectivity index (χ4v) is 4.82. The van der Waals surface area contributed by atoms with Crippen molar-refractivity contribution in [3.63, 3.8) is 0 Å². The molecule has 0 aromatic heterocycles. The Morgan fingerprint density at radius 3 is 2.60 bits per heavy atom. The van der Waals surface area contributed by atoms with Gasteiger partial charge >= 0.3 is 0 Å². The normalized spacial score (nSPS) is 18.1. The summed E-state index contributed by atoms with van der Waals surface area (Å²) in [6, 6.07) is 17.8. The van der Waals surface area contributed by atoms with Crippen molar-refractivity contribution >= 4 is 51.7 Å². The number of carbonyl (C=O) groups excluding carboxylic acids is 2. The first-order valence-corrected chi connectivity index (χ1v) is 12.0. The highest BCUT2D eigenvalue weighted by Gasteiger charge is 2.36. The van der Waals surface area contributed by atoms with Crippen LogP contribution < -0.4 is 14.8 Å². The summed E-state index contributed by atoms with van der Waals surface area (Å²) in [5.41, 5.74) is 1.86. The Hall–Kier alpha value is -3.56. The van der Waals surface area contributed by atoms with Gasteiger partial charge in [0.25, 0.3) is 0 Å². The third kappa shape index (κ3) is 5.41. The van der Waals surface area contributed by atoms with Crippen LogP contribution >= 0.6 is 23.4 Å². The minimum Gasteiger partial charge on any atom is -0.454 e. The molecule has 0 radical (unpaired) electrons. The van der Waals surface area contributed by atoms with Gasteiger partial charge in [0, 0.05) is 17.1 Å². The number of ether oxygens (including phenoxy) is 2. The zero-order valence-corrected chi connectivity index (χ0v) is 19.8. The molecule has 7 nitrogen and oxygen atoms in total. The third-order valence-electron chi connectivity index (χ3n) is 5.37. The lowest BCUT2D eigenvalue weighted by molar-refractivity contribution is -0.129. The minimum absolute atomic E-state index is 0.00290. The summed E-state index contributed by atoms with van der Waals surface area (Å²) in [5, 5.41) is 3.03. The maximum Gasteiger partial charge on any atom is 0.238 e. The molecule has 1 saturated heterocycles. The number of benzene rings is 3. The van der Waals surface area contributed by atoms with Crippen molar-refractivity contribution in [2.24, 2.45) is 4.99 Å². The Morgan fingerprint density at radius 2 is 1.83 bits per heavy atom. The predicted molar refractivity (Wildman–Crippen MR) is 133 cm³/mol. The Kier molecular flexibility index (Phi) is 6.61. The Labute approximate surface area is 209 Å². The first kappa shape index (κ1) is 23.2. The number of hydrogen-bond acceptors (Lipinski definition) is 6. The number of fused-ring (bicyclic) bond motifs is 1.